The molecule has 2 rings (SSSR count). The van der Waals surface area contributed by atoms with Crippen LogP contribution in [0.5, 0.6) is 0 Å². The maximum Gasteiger partial charge on any atom is 0.408 e. The number of amides is 1. The molecule has 0 saturated carbocycles. The maximum absolute atomic E-state index is 12.5. The lowest BCUT2D eigenvalue weighted by atomic mass is 10.1. The van der Waals surface area contributed by atoms with E-state index in [1.165, 1.54) is 0 Å². The number of carbonyl (C=O) groups excluding carboxylic acids is 3. The molecule has 0 fully saturated rings. The van der Waals surface area contributed by atoms with Gasteiger partial charge in [-0.25, -0.2) is 9.59 Å². The highest BCUT2D eigenvalue weighted by atomic mass is 16.6. The maximum atomic E-state index is 12.5. The van der Waals surface area contributed by atoms with Crippen LogP contribution in [0.15, 0.2) is 60.7 Å². The quantitative estimate of drug-likeness (QED) is 0.478. The summed E-state index contributed by atoms with van der Waals surface area (Å²) in [7, 11) is 0. The number of esters is 2. The van der Waals surface area contributed by atoms with Gasteiger partial charge < -0.3 is 19.5 Å². The lowest BCUT2D eigenvalue weighted by Crippen LogP contribution is -2.44. The summed E-state index contributed by atoms with van der Waals surface area (Å²) in [6, 6.07) is 17.4. The number of hydrogen-bond acceptors (Lipinski definition) is 6. The minimum absolute atomic E-state index is 0.0307. The molecular weight excluding hydrogens is 398 g/mol. The van der Waals surface area contributed by atoms with Gasteiger partial charge in [0, 0.05) is 6.42 Å². The van der Waals surface area contributed by atoms with Crippen LogP contribution in [0.3, 0.4) is 0 Å². The molecule has 1 amide bonds. The van der Waals surface area contributed by atoms with Gasteiger partial charge in [-0.2, -0.15) is 0 Å². The molecule has 0 radical (unpaired) electrons. The van der Waals surface area contributed by atoms with Gasteiger partial charge in [0.2, 0.25) is 0 Å². The first-order valence-electron chi connectivity index (χ1n) is 10.1. The van der Waals surface area contributed by atoms with Crippen molar-refractivity contribution in [2.45, 2.75) is 58.5 Å². The Labute approximate surface area is 182 Å². The first-order chi connectivity index (χ1) is 14.7. The summed E-state index contributed by atoms with van der Waals surface area (Å²) in [5.74, 6) is -1.11. The Morgan fingerprint density at radius 1 is 0.839 bits per heavy atom. The van der Waals surface area contributed by atoms with Crippen LogP contribution in [0.25, 0.3) is 0 Å². The smallest absolute Gasteiger partial charge is 0.408 e. The Bertz CT molecular complexity index is 845. The summed E-state index contributed by atoms with van der Waals surface area (Å²) in [4.78, 5) is 36.8. The van der Waals surface area contributed by atoms with Crippen LogP contribution in [-0.2, 0) is 37.0 Å². The molecule has 7 heteroatoms. The molecule has 0 aliphatic heterocycles. The lowest BCUT2D eigenvalue weighted by Gasteiger charge is -2.24. The highest BCUT2D eigenvalue weighted by Crippen LogP contribution is 2.12. The van der Waals surface area contributed by atoms with Crippen molar-refractivity contribution >= 4 is 18.0 Å². The van der Waals surface area contributed by atoms with Gasteiger partial charge in [0.15, 0.2) is 0 Å². The van der Waals surface area contributed by atoms with Gasteiger partial charge in [0.1, 0.15) is 24.9 Å². The zero-order valence-electron chi connectivity index (χ0n) is 18.1. The van der Waals surface area contributed by atoms with Crippen LogP contribution in [0, 0.1) is 0 Å². The predicted octanol–water partition coefficient (Wildman–Crippen LogP) is 4.15. The minimum atomic E-state index is -1.04. The van der Waals surface area contributed by atoms with Gasteiger partial charge in [-0.1, -0.05) is 60.7 Å². The fourth-order valence-electron chi connectivity index (χ4n) is 2.60. The van der Waals surface area contributed by atoms with E-state index < -0.39 is 29.7 Å². The molecule has 166 valence electrons. The fourth-order valence-corrected chi connectivity index (χ4v) is 2.60. The molecule has 0 heterocycles. The Balaban J connectivity index is 1.88. The third-order valence-corrected chi connectivity index (χ3v) is 4.08. The van der Waals surface area contributed by atoms with Crippen molar-refractivity contribution < 1.29 is 28.6 Å². The molecule has 0 spiro atoms. The largest absolute Gasteiger partial charge is 0.461 e. The van der Waals surface area contributed by atoms with Crippen molar-refractivity contribution in [2.75, 3.05) is 0 Å². The van der Waals surface area contributed by atoms with Crippen LogP contribution in [0.2, 0.25) is 0 Å². The standard InChI is InChI=1S/C24H29NO6/c1-24(2,3)31-22(27)20(25-23(28)30-17-19-12-8-5-9-13-19)14-15-21(26)29-16-18-10-6-4-7-11-18/h4-13,20H,14-17H2,1-3H3,(H,25,28). The normalized spacial score (nSPS) is 11.8. The van der Waals surface area contributed by atoms with Gasteiger partial charge in [0.05, 0.1) is 0 Å². The molecule has 1 atom stereocenters. The van der Waals surface area contributed by atoms with Gasteiger partial charge in [-0.15, -0.1) is 0 Å². The molecule has 31 heavy (non-hydrogen) atoms. The number of ether oxygens (including phenoxy) is 3. The van der Waals surface area contributed by atoms with Crippen molar-refractivity contribution in [1.29, 1.82) is 0 Å². The number of alkyl carbamates (subject to hydrolysis) is 1. The van der Waals surface area contributed by atoms with Gasteiger partial charge in [0.25, 0.3) is 0 Å². The van der Waals surface area contributed by atoms with Crippen LogP contribution < -0.4 is 5.32 Å². The molecule has 2 aromatic rings. The molecule has 1 N–H and O–H groups in total. The fraction of sp³-hybridized carbons (Fsp3) is 0.375. The van der Waals surface area contributed by atoms with E-state index in [0.717, 1.165) is 11.1 Å². The second-order valence-corrected chi connectivity index (χ2v) is 7.98. The molecule has 2 aromatic carbocycles. The van der Waals surface area contributed by atoms with E-state index in [2.05, 4.69) is 5.32 Å². The molecule has 1 unspecified atom stereocenters. The Morgan fingerprint density at radius 2 is 1.35 bits per heavy atom. The summed E-state index contributed by atoms with van der Waals surface area (Å²) in [5.41, 5.74) is 0.941. The third kappa shape index (κ3) is 9.80. The predicted molar refractivity (Wildman–Crippen MR) is 115 cm³/mol. The van der Waals surface area contributed by atoms with Gasteiger partial charge in [-0.05, 0) is 38.3 Å². The van der Waals surface area contributed by atoms with Gasteiger partial charge in [-0.3, -0.25) is 4.79 Å². The molecule has 0 aliphatic rings. The molecule has 0 saturated heterocycles. The summed E-state index contributed by atoms with van der Waals surface area (Å²) >= 11 is 0. The third-order valence-electron chi connectivity index (χ3n) is 4.08. The van der Waals surface area contributed by atoms with Gasteiger partial charge >= 0.3 is 18.0 Å². The Morgan fingerprint density at radius 3 is 1.87 bits per heavy atom. The van der Waals surface area contributed by atoms with Crippen molar-refractivity contribution in [3.05, 3.63) is 71.8 Å². The molecule has 0 bridgehead atoms. The van der Waals surface area contributed by atoms with Crippen LogP contribution in [0.1, 0.15) is 44.7 Å². The topological polar surface area (TPSA) is 90.9 Å². The van der Waals surface area contributed by atoms with Crippen LogP contribution in [-0.4, -0.2) is 29.7 Å². The number of hydrogen-bond donors (Lipinski definition) is 1. The monoisotopic (exact) mass is 427 g/mol. The first-order valence-corrected chi connectivity index (χ1v) is 10.1. The number of nitrogens with one attached hydrogen (secondary N) is 1. The SMILES string of the molecule is CC(C)(C)OC(=O)C(CCC(=O)OCc1ccccc1)NC(=O)OCc1ccccc1. The molecule has 0 aliphatic carbocycles. The zero-order valence-corrected chi connectivity index (χ0v) is 18.1. The average molecular weight is 427 g/mol. The van der Waals surface area contributed by atoms with Crippen molar-refractivity contribution in [3.63, 3.8) is 0 Å². The van der Waals surface area contributed by atoms with E-state index in [1.54, 1.807) is 20.8 Å². The van der Waals surface area contributed by atoms with E-state index in [1.807, 2.05) is 60.7 Å². The second kappa shape index (κ2) is 11.7. The van der Waals surface area contributed by atoms with Crippen molar-refractivity contribution in [1.82, 2.24) is 5.32 Å². The zero-order chi connectivity index (χ0) is 22.7. The van der Waals surface area contributed by atoms with Crippen molar-refractivity contribution in [2.24, 2.45) is 0 Å². The molecule has 0 aromatic heterocycles. The Hall–Kier alpha value is -3.35. The first kappa shape index (κ1) is 23.9. The summed E-state index contributed by atoms with van der Waals surface area (Å²) in [6.45, 7) is 5.38. The van der Waals surface area contributed by atoms with E-state index in [9.17, 15) is 14.4 Å². The summed E-state index contributed by atoms with van der Waals surface area (Å²) in [6.07, 6.45) is -0.795. The molecule has 7 nitrogen and oxygen atoms in total. The van der Waals surface area contributed by atoms with E-state index in [-0.39, 0.29) is 26.1 Å². The van der Waals surface area contributed by atoms with E-state index >= 15 is 0 Å². The number of benzene rings is 2. The number of carbonyl (C=O) groups is 3. The summed E-state index contributed by atoms with van der Waals surface area (Å²) in [5, 5.41) is 2.50. The van der Waals surface area contributed by atoms with Crippen molar-refractivity contribution in [3.8, 4) is 0 Å². The summed E-state index contributed by atoms with van der Waals surface area (Å²) < 4.78 is 15.8. The number of rotatable bonds is 9. The van der Waals surface area contributed by atoms with Crippen LogP contribution in [0.4, 0.5) is 4.79 Å². The lowest BCUT2D eigenvalue weighted by molar-refractivity contribution is -0.157. The average Bonchev–Trinajstić information content (AvgIpc) is 2.74. The second-order valence-electron chi connectivity index (χ2n) is 7.98. The van der Waals surface area contributed by atoms with Crippen LogP contribution >= 0.6 is 0 Å². The Kier molecular flexibility index (Phi) is 9.06. The van der Waals surface area contributed by atoms with E-state index in [0.29, 0.717) is 0 Å². The molecular formula is C24H29NO6. The van der Waals surface area contributed by atoms with E-state index in [4.69, 9.17) is 14.2 Å². The minimum Gasteiger partial charge on any atom is -0.461 e. The highest BCUT2D eigenvalue weighted by Gasteiger charge is 2.28. The highest BCUT2D eigenvalue weighted by molar-refractivity contribution is 5.82.